The van der Waals surface area contributed by atoms with Crippen LogP contribution in [0.4, 0.5) is 0 Å². The lowest BCUT2D eigenvalue weighted by atomic mass is 10.1. The van der Waals surface area contributed by atoms with Crippen LogP contribution in [0.3, 0.4) is 0 Å². The van der Waals surface area contributed by atoms with E-state index in [9.17, 15) is 0 Å². The van der Waals surface area contributed by atoms with Gasteiger partial charge in [-0.2, -0.15) is 0 Å². The van der Waals surface area contributed by atoms with Gasteiger partial charge in [-0.3, -0.25) is 0 Å². The molecule has 0 saturated carbocycles. The highest BCUT2D eigenvalue weighted by Crippen LogP contribution is 2.33. The molecule has 1 aliphatic heterocycles. The molecule has 0 saturated heterocycles. The Morgan fingerprint density at radius 3 is 2.74 bits per heavy atom. The van der Waals surface area contributed by atoms with Gasteiger partial charge in [0.2, 0.25) is 0 Å². The number of hydrogen-bond donors (Lipinski definition) is 1. The fourth-order valence-corrected chi connectivity index (χ4v) is 1.99. The van der Waals surface area contributed by atoms with Crippen LogP contribution >= 0.6 is 0 Å². The number of aromatic nitrogens is 2. The van der Waals surface area contributed by atoms with Crippen LogP contribution in [0.1, 0.15) is 12.1 Å². The molecule has 19 heavy (non-hydrogen) atoms. The molecular weight excluding hydrogens is 242 g/mol. The van der Waals surface area contributed by atoms with Gasteiger partial charge in [0.15, 0.2) is 11.5 Å². The number of nitrogens with zero attached hydrogens (tertiary/aromatic N) is 2. The summed E-state index contributed by atoms with van der Waals surface area (Å²) in [5.41, 5.74) is 8.22. The Kier molecular flexibility index (Phi) is 3.29. The minimum atomic E-state index is 0.403. The van der Waals surface area contributed by atoms with Crippen molar-refractivity contribution in [1.82, 2.24) is 9.97 Å². The monoisotopic (exact) mass is 257 g/mol. The number of hydrogen-bond acceptors (Lipinski definition) is 5. The molecule has 2 heterocycles. The van der Waals surface area contributed by atoms with Crippen LogP contribution in [0.2, 0.25) is 0 Å². The molecule has 0 radical (unpaired) electrons. The van der Waals surface area contributed by atoms with Crippen LogP contribution in [0.5, 0.6) is 11.5 Å². The predicted octanol–water partition coefficient (Wildman–Crippen LogP) is 1.76. The second kappa shape index (κ2) is 5.24. The van der Waals surface area contributed by atoms with Gasteiger partial charge in [-0.25, -0.2) is 9.97 Å². The number of rotatable bonds is 2. The van der Waals surface area contributed by atoms with Crippen molar-refractivity contribution >= 4 is 0 Å². The third-order valence-electron chi connectivity index (χ3n) is 2.98. The maximum absolute atomic E-state index is 5.67. The van der Waals surface area contributed by atoms with Crippen LogP contribution in [0.15, 0.2) is 30.6 Å². The highest BCUT2D eigenvalue weighted by atomic mass is 16.5. The van der Waals surface area contributed by atoms with Gasteiger partial charge in [-0.05, 0) is 24.3 Å². The van der Waals surface area contributed by atoms with E-state index in [0.29, 0.717) is 19.8 Å². The van der Waals surface area contributed by atoms with Crippen molar-refractivity contribution in [2.75, 3.05) is 13.2 Å². The molecule has 0 unspecified atom stereocenters. The summed E-state index contributed by atoms with van der Waals surface area (Å²) in [6.45, 7) is 1.77. The second-order valence-corrected chi connectivity index (χ2v) is 4.31. The minimum Gasteiger partial charge on any atom is -0.490 e. The smallest absolute Gasteiger partial charge is 0.161 e. The third kappa shape index (κ3) is 2.51. The largest absolute Gasteiger partial charge is 0.490 e. The van der Waals surface area contributed by atoms with Gasteiger partial charge in [0.05, 0.1) is 24.6 Å². The predicted molar refractivity (Wildman–Crippen MR) is 71.0 cm³/mol. The first-order chi connectivity index (χ1) is 9.36. The first-order valence-corrected chi connectivity index (χ1v) is 6.28. The average molecular weight is 257 g/mol. The molecule has 0 spiro atoms. The molecule has 1 aromatic heterocycles. The number of nitrogens with two attached hydrogens (primary N) is 1. The van der Waals surface area contributed by atoms with Crippen LogP contribution in [-0.4, -0.2) is 23.2 Å². The maximum Gasteiger partial charge on any atom is 0.161 e. The summed E-state index contributed by atoms with van der Waals surface area (Å²) in [5.74, 6) is 1.55. The summed E-state index contributed by atoms with van der Waals surface area (Å²) < 4.78 is 11.3. The standard InChI is InChI=1S/C14H15N3O2/c15-8-11-7-12(17-9-16-11)10-2-3-13-14(6-10)19-5-1-4-18-13/h2-3,6-7,9H,1,4-5,8,15H2. The Balaban J connectivity index is 1.98. The van der Waals surface area contributed by atoms with Crippen molar-refractivity contribution in [3.8, 4) is 22.8 Å². The van der Waals surface area contributed by atoms with E-state index in [4.69, 9.17) is 15.2 Å². The lowest BCUT2D eigenvalue weighted by Gasteiger charge is -2.09. The summed E-state index contributed by atoms with van der Waals surface area (Å²) in [5, 5.41) is 0. The zero-order valence-corrected chi connectivity index (χ0v) is 10.5. The number of benzene rings is 1. The molecule has 0 atom stereocenters. The quantitative estimate of drug-likeness (QED) is 0.887. The summed E-state index contributed by atoms with van der Waals surface area (Å²) in [6, 6.07) is 7.72. The molecule has 0 fully saturated rings. The minimum absolute atomic E-state index is 0.403. The van der Waals surface area contributed by atoms with Gasteiger partial charge in [0, 0.05) is 18.5 Å². The topological polar surface area (TPSA) is 70.3 Å². The first-order valence-electron chi connectivity index (χ1n) is 6.28. The van der Waals surface area contributed by atoms with E-state index < -0.39 is 0 Å². The Bertz CT molecular complexity index is 587. The molecule has 1 aromatic carbocycles. The maximum atomic E-state index is 5.67. The average Bonchev–Trinajstić information content (AvgIpc) is 2.71. The second-order valence-electron chi connectivity index (χ2n) is 4.31. The summed E-state index contributed by atoms with van der Waals surface area (Å²) in [4.78, 5) is 8.36. The molecule has 2 N–H and O–H groups in total. The lowest BCUT2D eigenvalue weighted by molar-refractivity contribution is 0.297. The van der Waals surface area contributed by atoms with Gasteiger partial charge in [-0.1, -0.05) is 0 Å². The number of ether oxygens (including phenoxy) is 2. The Labute approximate surface area is 111 Å². The Morgan fingerprint density at radius 1 is 1.05 bits per heavy atom. The van der Waals surface area contributed by atoms with Crippen LogP contribution in [0, 0.1) is 0 Å². The fraction of sp³-hybridized carbons (Fsp3) is 0.286. The summed E-state index contributed by atoms with van der Waals surface area (Å²) in [6.07, 6.45) is 2.43. The van der Waals surface area contributed by atoms with Crippen LogP contribution in [-0.2, 0) is 6.54 Å². The van der Waals surface area contributed by atoms with E-state index >= 15 is 0 Å². The SMILES string of the molecule is NCc1cc(-c2ccc3c(c2)OCCCO3)ncn1. The molecule has 98 valence electrons. The van der Waals surface area contributed by atoms with Gasteiger partial charge < -0.3 is 15.2 Å². The molecule has 0 amide bonds. The van der Waals surface area contributed by atoms with E-state index in [-0.39, 0.29) is 0 Å². The normalized spacial score (nSPS) is 13.9. The Hall–Kier alpha value is -2.14. The van der Waals surface area contributed by atoms with Crippen LogP contribution < -0.4 is 15.2 Å². The van der Waals surface area contributed by atoms with E-state index in [0.717, 1.165) is 34.9 Å². The molecule has 5 heteroatoms. The molecule has 0 aliphatic carbocycles. The molecule has 2 aromatic rings. The van der Waals surface area contributed by atoms with Gasteiger partial charge in [-0.15, -0.1) is 0 Å². The zero-order valence-electron chi connectivity index (χ0n) is 10.5. The molecule has 1 aliphatic rings. The lowest BCUT2D eigenvalue weighted by Crippen LogP contribution is -2.00. The fourth-order valence-electron chi connectivity index (χ4n) is 1.99. The number of fused-ring (bicyclic) bond motifs is 1. The van der Waals surface area contributed by atoms with Gasteiger partial charge >= 0.3 is 0 Å². The van der Waals surface area contributed by atoms with Crippen molar-refractivity contribution in [3.63, 3.8) is 0 Å². The van der Waals surface area contributed by atoms with Crippen LogP contribution in [0.25, 0.3) is 11.3 Å². The van der Waals surface area contributed by atoms with Gasteiger partial charge in [0.25, 0.3) is 0 Å². The van der Waals surface area contributed by atoms with E-state index in [2.05, 4.69) is 9.97 Å². The van der Waals surface area contributed by atoms with E-state index in [1.807, 2.05) is 24.3 Å². The summed E-state index contributed by atoms with van der Waals surface area (Å²) in [7, 11) is 0. The van der Waals surface area contributed by atoms with E-state index in [1.54, 1.807) is 0 Å². The van der Waals surface area contributed by atoms with Gasteiger partial charge in [0.1, 0.15) is 6.33 Å². The van der Waals surface area contributed by atoms with E-state index in [1.165, 1.54) is 6.33 Å². The molecule has 0 bridgehead atoms. The zero-order chi connectivity index (χ0) is 13.1. The van der Waals surface area contributed by atoms with Crippen molar-refractivity contribution in [2.24, 2.45) is 5.73 Å². The molecule has 3 rings (SSSR count). The van der Waals surface area contributed by atoms with Crippen molar-refractivity contribution in [1.29, 1.82) is 0 Å². The third-order valence-corrected chi connectivity index (χ3v) is 2.98. The van der Waals surface area contributed by atoms with Crippen molar-refractivity contribution in [2.45, 2.75) is 13.0 Å². The highest BCUT2D eigenvalue weighted by Gasteiger charge is 2.12. The van der Waals surface area contributed by atoms with Crippen molar-refractivity contribution in [3.05, 3.63) is 36.3 Å². The summed E-state index contributed by atoms with van der Waals surface area (Å²) >= 11 is 0. The highest BCUT2D eigenvalue weighted by molar-refractivity contribution is 5.64. The Morgan fingerprint density at radius 2 is 1.89 bits per heavy atom. The molecular formula is C14H15N3O2. The molecule has 5 nitrogen and oxygen atoms in total. The van der Waals surface area contributed by atoms with Crippen molar-refractivity contribution < 1.29 is 9.47 Å². The first kappa shape index (κ1) is 11.9.